The molecule has 0 unspecified atom stereocenters. The molecule has 0 N–H and O–H groups in total. The lowest BCUT2D eigenvalue weighted by Gasteiger charge is -2.38. The highest BCUT2D eigenvalue weighted by Crippen LogP contribution is 2.36. The topological polar surface area (TPSA) is 26.3 Å². The number of carbonyl (C=O) groups excluding carboxylic acids is 1. The monoisotopic (exact) mass is 877 g/mol. The number of rotatable bonds is 48. The van der Waals surface area contributed by atoms with Crippen molar-refractivity contribution in [3.8, 4) is 0 Å². The van der Waals surface area contributed by atoms with Crippen LogP contribution >= 0.6 is 0 Å². The zero-order valence-electron chi connectivity index (χ0n) is 43.5. The van der Waals surface area contributed by atoms with E-state index >= 15 is 0 Å². The second kappa shape index (κ2) is 47.8. The van der Waals surface area contributed by atoms with Crippen LogP contribution in [0.3, 0.4) is 0 Å². The zero-order valence-corrected chi connectivity index (χ0v) is 43.5. The lowest BCUT2D eigenvalue weighted by Crippen LogP contribution is -2.49. The van der Waals surface area contributed by atoms with Crippen molar-refractivity contribution in [1.82, 2.24) is 0 Å². The van der Waals surface area contributed by atoms with Gasteiger partial charge in [-0.1, -0.05) is 222 Å². The molecule has 0 heterocycles. The van der Waals surface area contributed by atoms with E-state index in [0.717, 1.165) is 68.8 Å². The molecule has 0 aromatic carbocycles. The van der Waals surface area contributed by atoms with E-state index in [4.69, 9.17) is 4.74 Å². The van der Waals surface area contributed by atoms with Crippen molar-refractivity contribution in [2.24, 2.45) is 5.41 Å². The van der Waals surface area contributed by atoms with Gasteiger partial charge in [-0.2, -0.15) is 0 Å². The molecule has 0 saturated heterocycles. The molecule has 0 aromatic rings. The van der Waals surface area contributed by atoms with Crippen molar-refractivity contribution in [3.05, 3.63) is 72.9 Å². The van der Waals surface area contributed by atoms with Gasteiger partial charge in [-0.3, -0.25) is 4.79 Å². The van der Waals surface area contributed by atoms with Crippen LogP contribution in [0, 0.1) is 5.41 Å². The van der Waals surface area contributed by atoms with Gasteiger partial charge in [0.25, 0.3) is 0 Å². The first-order chi connectivity index (χ1) is 30.8. The molecule has 0 aliphatic carbocycles. The third kappa shape index (κ3) is 44.8. The number of carbonyl (C=O) groups is 1. The Hall–Kier alpha value is -2.13. The number of esters is 1. The Labute approximate surface area is 395 Å². The summed E-state index contributed by atoms with van der Waals surface area (Å²) in [6.45, 7) is 8.26. The summed E-state index contributed by atoms with van der Waals surface area (Å²) in [5.41, 5.74) is -0.374. The Morgan fingerprint density at radius 2 is 0.635 bits per heavy atom. The summed E-state index contributed by atoms with van der Waals surface area (Å²) < 4.78 is 7.06. The fourth-order valence-corrected chi connectivity index (χ4v) is 8.77. The number of nitrogens with zero attached hydrogens (tertiary/aromatic N) is 1. The maximum Gasteiger partial charge on any atom is 0.317 e. The van der Waals surface area contributed by atoms with E-state index in [1.54, 1.807) is 0 Å². The van der Waals surface area contributed by atoms with Crippen molar-refractivity contribution >= 4 is 5.97 Å². The largest absolute Gasteiger partial charge is 0.465 e. The molecule has 0 radical (unpaired) electrons. The van der Waals surface area contributed by atoms with Crippen LogP contribution in [-0.2, 0) is 9.53 Å². The molecule has 0 bridgehead atoms. The van der Waals surface area contributed by atoms with Crippen molar-refractivity contribution in [3.63, 3.8) is 0 Å². The number of hydrogen-bond acceptors (Lipinski definition) is 2. The summed E-state index contributed by atoms with van der Waals surface area (Å²) in [6, 6.07) is 0. The molecule has 3 heteroatoms. The predicted molar refractivity (Wildman–Crippen MR) is 284 cm³/mol. The van der Waals surface area contributed by atoms with E-state index in [-0.39, 0.29) is 11.4 Å². The van der Waals surface area contributed by atoms with E-state index in [1.165, 1.54) is 186 Å². The molecule has 0 rings (SSSR count). The average molecular weight is 878 g/mol. The van der Waals surface area contributed by atoms with Crippen LogP contribution in [0.1, 0.15) is 265 Å². The molecule has 0 spiro atoms. The highest BCUT2D eigenvalue weighted by Gasteiger charge is 2.43. The molecule has 0 aromatic heterocycles. The summed E-state index contributed by atoms with van der Waals surface area (Å²) >= 11 is 0. The minimum absolute atomic E-state index is 0.100. The average Bonchev–Trinajstić information content (AvgIpc) is 3.26. The lowest BCUT2D eigenvalue weighted by atomic mass is 9.76. The van der Waals surface area contributed by atoms with Crippen molar-refractivity contribution in [2.45, 2.75) is 265 Å². The van der Waals surface area contributed by atoms with E-state index in [0.29, 0.717) is 6.61 Å². The van der Waals surface area contributed by atoms with Crippen molar-refractivity contribution in [2.75, 3.05) is 34.3 Å². The zero-order chi connectivity index (χ0) is 46.1. The molecular weight excluding hydrogens is 767 g/mol. The number of ether oxygens (including phenoxy) is 1. The first kappa shape index (κ1) is 60.9. The van der Waals surface area contributed by atoms with Crippen LogP contribution < -0.4 is 0 Å². The van der Waals surface area contributed by atoms with Gasteiger partial charge in [0.1, 0.15) is 5.41 Å². The standard InChI is InChI=1S/C60H110NO2/c1-7-10-13-16-19-22-25-28-31-34-37-40-43-46-49-52-55-60(58-61(4,5)6,56-53-50-47-44-41-38-35-32-29-26-23-20-17-14-11-8-2)59(62)63-57-54-51-48-45-42-39-36-33-30-27-24-21-18-15-12-9-3/h19-24,28-33H,7-18,25-27,34-58H2,1-6H3/q+1/b22-19-,23-20-,24-21-,31-28-,32-29-,33-30-. The summed E-state index contributed by atoms with van der Waals surface area (Å²) in [4.78, 5) is 14.2. The highest BCUT2D eigenvalue weighted by molar-refractivity contribution is 5.77. The lowest BCUT2D eigenvalue weighted by molar-refractivity contribution is -0.876. The molecule has 3 nitrogen and oxygen atoms in total. The van der Waals surface area contributed by atoms with Gasteiger partial charge < -0.3 is 9.22 Å². The molecule has 0 aliphatic rings. The summed E-state index contributed by atoms with van der Waals surface area (Å²) in [5.74, 6) is 0.100. The fraction of sp³-hybridized carbons (Fsp3) is 0.783. The van der Waals surface area contributed by atoms with E-state index in [1.807, 2.05) is 0 Å². The third-order valence-electron chi connectivity index (χ3n) is 12.5. The second-order valence-corrected chi connectivity index (χ2v) is 20.1. The summed E-state index contributed by atoms with van der Waals surface area (Å²) in [6.07, 6.45) is 74.9. The normalized spacial score (nSPS) is 12.9. The van der Waals surface area contributed by atoms with E-state index in [9.17, 15) is 4.79 Å². The molecule has 366 valence electrons. The van der Waals surface area contributed by atoms with Crippen LogP contribution in [0.25, 0.3) is 0 Å². The Kier molecular flexibility index (Phi) is 46.2. The van der Waals surface area contributed by atoms with Gasteiger partial charge in [-0.15, -0.1) is 0 Å². The Morgan fingerprint density at radius 1 is 0.365 bits per heavy atom. The van der Waals surface area contributed by atoms with Crippen LogP contribution in [0.2, 0.25) is 0 Å². The third-order valence-corrected chi connectivity index (χ3v) is 12.5. The van der Waals surface area contributed by atoms with Crippen LogP contribution in [0.5, 0.6) is 0 Å². The first-order valence-electron chi connectivity index (χ1n) is 27.7. The van der Waals surface area contributed by atoms with Crippen molar-refractivity contribution in [1.29, 1.82) is 0 Å². The smallest absolute Gasteiger partial charge is 0.317 e. The van der Waals surface area contributed by atoms with Gasteiger partial charge in [0, 0.05) is 0 Å². The van der Waals surface area contributed by atoms with Crippen LogP contribution in [-0.4, -0.2) is 44.7 Å². The molecular formula is C60H110NO2+. The minimum atomic E-state index is -0.374. The van der Waals surface area contributed by atoms with Gasteiger partial charge in [0.05, 0.1) is 34.3 Å². The summed E-state index contributed by atoms with van der Waals surface area (Å²) in [5, 5.41) is 0. The van der Waals surface area contributed by atoms with Gasteiger partial charge >= 0.3 is 5.97 Å². The predicted octanol–water partition coefficient (Wildman–Crippen LogP) is 19.4. The molecule has 63 heavy (non-hydrogen) atoms. The van der Waals surface area contributed by atoms with Crippen LogP contribution in [0.15, 0.2) is 72.9 Å². The fourth-order valence-electron chi connectivity index (χ4n) is 8.77. The van der Waals surface area contributed by atoms with Crippen LogP contribution in [0.4, 0.5) is 0 Å². The van der Waals surface area contributed by atoms with Crippen molar-refractivity contribution < 1.29 is 14.0 Å². The maximum absolute atomic E-state index is 14.2. The molecule has 0 amide bonds. The number of quaternary nitrogens is 1. The molecule has 0 atom stereocenters. The first-order valence-corrected chi connectivity index (χ1v) is 27.7. The molecule has 0 aliphatic heterocycles. The summed E-state index contributed by atoms with van der Waals surface area (Å²) in [7, 11) is 6.80. The van der Waals surface area contributed by atoms with Gasteiger partial charge in [0.2, 0.25) is 0 Å². The maximum atomic E-state index is 14.2. The van der Waals surface area contributed by atoms with E-state index < -0.39 is 0 Å². The highest BCUT2D eigenvalue weighted by atomic mass is 16.5. The van der Waals surface area contributed by atoms with Gasteiger partial charge in [-0.25, -0.2) is 0 Å². The van der Waals surface area contributed by atoms with E-state index in [2.05, 4.69) is 115 Å². The van der Waals surface area contributed by atoms with Gasteiger partial charge in [0.15, 0.2) is 0 Å². The molecule has 0 fully saturated rings. The SMILES string of the molecule is CCCCC/C=C\C/C=C\CCCCCCCCOC(=O)C(CCCCCCCC/C=C\C/C=C\CCCCC)(CCCCCCCC/C=C\C/C=C\CCCCC)C[N+](C)(C)C. The minimum Gasteiger partial charge on any atom is -0.465 e. The Balaban J connectivity index is 4.83. The number of unbranched alkanes of at least 4 members (excludes halogenated alkanes) is 27. The second-order valence-electron chi connectivity index (χ2n) is 20.1. The van der Waals surface area contributed by atoms with Gasteiger partial charge in [-0.05, 0) is 116 Å². The Bertz CT molecular complexity index is 1090. The number of hydrogen-bond donors (Lipinski definition) is 0. The Morgan fingerprint density at radius 3 is 0.937 bits per heavy atom. The molecule has 0 saturated carbocycles. The number of allylic oxidation sites excluding steroid dienone is 12. The quantitative estimate of drug-likeness (QED) is 0.0263.